The van der Waals surface area contributed by atoms with E-state index in [0.29, 0.717) is 23.7 Å². The van der Waals surface area contributed by atoms with E-state index in [9.17, 15) is 13.6 Å². The summed E-state index contributed by atoms with van der Waals surface area (Å²) in [7, 11) is 1.53. The number of benzene rings is 2. The highest BCUT2D eigenvalue weighted by Crippen LogP contribution is 2.33. The Morgan fingerprint density at radius 3 is 2.65 bits per heavy atom. The van der Waals surface area contributed by atoms with Gasteiger partial charge in [0.05, 0.1) is 19.8 Å². The lowest BCUT2D eigenvalue weighted by atomic mass is 10.2. The second-order valence-corrected chi connectivity index (χ2v) is 6.74. The maximum absolute atomic E-state index is 13.8. The smallest absolute Gasteiger partial charge is 0.273 e. The minimum Gasteiger partial charge on any atom is -0.493 e. The van der Waals surface area contributed by atoms with Crippen LogP contribution in [0, 0.1) is 11.6 Å². The van der Waals surface area contributed by atoms with Gasteiger partial charge in [0.15, 0.2) is 23.0 Å². The van der Waals surface area contributed by atoms with Gasteiger partial charge in [0.25, 0.3) is 5.91 Å². The van der Waals surface area contributed by atoms with Gasteiger partial charge in [-0.2, -0.15) is 0 Å². The van der Waals surface area contributed by atoms with Crippen LogP contribution in [0.25, 0.3) is 11.5 Å². The maximum Gasteiger partial charge on any atom is 0.273 e. The number of methoxy groups -OCH3 is 1. The lowest BCUT2D eigenvalue weighted by molar-refractivity contribution is 0.0943. The SMILES string of the molecule is CCOc1cc(-c2nc(C(=O)NCc3ccc(F)cc3F)c([C@H](C)N)o2)ccc1OC. The van der Waals surface area contributed by atoms with Crippen molar-refractivity contribution in [2.75, 3.05) is 13.7 Å². The van der Waals surface area contributed by atoms with Crippen LogP contribution >= 0.6 is 0 Å². The molecule has 3 aromatic rings. The van der Waals surface area contributed by atoms with E-state index in [1.54, 1.807) is 25.1 Å². The number of carbonyl (C=O) groups is 1. The molecule has 9 heteroatoms. The number of nitrogens with zero attached hydrogens (tertiary/aromatic N) is 1. The van der Waals surface area contributed by atoms with Crippen LogP contribution in [0.5, 0.6) is 11.5 Å². The average Bonchev–Trinajstić information content (AvgIpc) is 3.19. The van der Waals surface area contributed by atoms with Crippen LogP contribution in [0.1, 0.15) is 41.7 Å². The van der Waals surface area contributed by atoms with Crippen LogP contribution in [-0.4, -0.2) is 24.6 Å². The van der Waals surface area contributed by atoms with E-state index in [1.807, 2.05) is 6.92 Å². The molecular weight excluding hydrogens is 408 g/mol. The van der Waals surface area contributed by atoms with Crippen molar-refractivity contribution < 1.29 is 27.5 Å². The monoisotopic (exact) mass is 431 g/mol. The minimum absolute atomic E-state index is 0.0127. The lowest BCUT2D eigenvalue weighted by Crippen LogP contribution is -2.25. The standard InChI is InChI=1S/C22H23F2N3O4/c1-4-30-18-9-13(6-8-17(18)29-3)22-27-19(20(31-22)12(2)25)21(28)26-11-14-5-7-15(23)10-16(14)24/h5-10,12H,4,11,25H2,1-3H3,(H,26,28)/t12-/m0/s1. The van der Waals surface area contributed by atoms with E-state index in [4.69, 9.17) is 19.6 Å². The number of aromatic nitrogens is 1. The van der Waals surface area contributed by atoms with Gasteiger partial charge in [0, 0.05) is 23.7 Å². The van der Waals surface area contributed by atoms with Gasteiger partial charge in [0.2, 0.25) is 5.89 Å². The second-order valence-electron chi connectivity index (χ2n) is 6.74. The van der Waals surface area contributed by atoms with Crippen molar-refractivity contribution in [1.29, 1.82) is 0 Å². The number of nitrogens with two attached hydrogens (primary N) is 1. The molecule has 0 aliphatic rings. The molecule has 0 saturated carbocycles. The molecule has 1 heterocycles. The van der Waals surface area contributed by atoms with Crippen LogP contribution in [0.2, 0.25) is 0 Å². The highest BCUT2D eigenvalue weighted by Gasteiger charge is 2.24. The molecule has 0 unspecified atom stereocenters. The van der Waals surface area contributed by atoms with E-state index in [-0.39, 0.29) is 29.5 Å². The van der Waals surface area contributed by atoms with Crippen molar-refractivity contribution in [3.8, 4) is 23.0 Å². The largest absolute Gasteiger partial charge is 0.493 e. The molecule has 3 N–H and O–H groups in total. The van der Waals surface area contributed by atoms with E-state index in [2.05, 4.69) is 10.3 Å². The van der Waals surface area contributed by atoms with E-state index >= 15 is 0 Å². The first kappa shape index (κ1) is 22.2. The predicted molar refractivity (Wildman–Crippen MR) is 110 cm³/mol. The van der Waals surface area contributed by atoms with Crippen molar-refractivity contribution in [1.82, 2.24) is 10.3 Å². The third-order valence-corrected chi connectivity index (χ3v) is 4.45. The first-order chi connectivity index (χ1) is 14.8. The van der Waals surface area contributed by atoms with Gasteiger partial charge in [-0.25, -0.2) is 13.8 Å². The Balaban J connectivity index is 1.88. The van der Waals surface area contributed by atoms with Gasteiger partial charge >= 0.3 is 0 Å². The number of amides is 1. The Morgan fingerprint density at radius 1 is 1.23 bits per heavy atom. The van der Waals surface area contributed by atoms with Gasteiger partial charge < -0.3 is 24.9 Å². The summed E-state index contributed by atoms with van der Waals surface area (Å²) in [5.41, 5.74) is 6.64. The van der Waals surface area contributed by atoms with Crippen LogP contribution in [0.4, 0.5) is 8.78 Å². The predicted octanol–water partition coefficient (Wildman–Crippen LogP) is 3.98. The van der Waals surface area contributed by atoms with Gasteiger partial charge in [0.1, 0.15) is 11.6 Å². The molecule has 0 saturated heterocycles. The normalized spacial score (nSPS) is 11.8. The highest BCUT2D eigenvalue weighted by molar-refractivity contribution is 5.94. The number of hydrogen-bond donors (Lipinski definition) is 2. The Bertz CT molecular complexity index is 1080. The zero-order valence-electron chi connectivity index (χ0n) is 17.4. The minimum atomic E-state index is -0.754. The maximum atomic E-state index is 13.8. The fourth-order valence-corrected chi connectivity index (χ4v) is 2.93. The fourth-order valence-electron chi connectivity index (χ4n) is 2.93. The van der Waals surface area contributed by atoms with E-state index in [0.717, 1.165) is 12.1 Å². The van der Waals surface area contributed by atoms with Gasteiger partial charge in [-0.1, -0.05) is 6.07 Å². The Morgan fingerprint density at radius 2 is 2.00 bits per heavy atom. The van der Waals surface area contributed by atoms with E-state index < -0.39 is 23.6 Å². The Labute approximate surface area is 178 Å². The zero-order chi connectivity index (χ0) is 22.5. The summed E-state index contributed by atoms with van der Waals surface area (Å²) in [6, 6.07) is 7.62. The summed E-state index contributed by atoms with van der Waals surface area (Å²) < 4.78 is 43.5. The third-order valence-electron chi connectivity index (χ3n) is 4.45. The molecule has 3 rings (SSSR count). The number of nitrogens with one attached hydrogen (secondary N) is 1. The third kappa shape index (κ3) is 5.00. The van der Waals surface area contributed by atoms with Crippen molar-refractivity contribution >= 4 is 5.91 Å². The number of halogens is 2. The molecule has 0 aliphatic carbocycles. The summed E-state index contributed by atoms with van der Waals surface area (Å²) in [5, 5.41) is 2.56. The quantitative estimate of drug-likeness (QED) is 0.560. The summed E-state index contributed by atoms with van der Waals surface area (Å²) in [5.74, 6) is -0.640. The number of rotatable bonds is 8. The van der Waals surface area contributed by atoms with Gasteiger partial charge in [-0.05, 0) is 38.1 Å². The van der Waals surface area contributed by atoms with Gasteiger partial charge in [-0.15, -0.1) is 0 Å². The summed E-state index contributed by atoms with van der Waals surface area (Å²) >= 11 is 0. The molecule has 0 bridgehead atoms. The van der Waals surface area contributed by atoms with Crippen molar-refractivity contribution in [3.63, 3.8) is 0 Å². The lowest BCUT2D eigenvalue weighted by Gasteiger charge is -2.09. The number of carbonyl (C=O) groups excluding carboxylic acids is 1. The zero-order valence-corrected chi connectivity index (χ0v) is 17.4. The van der Waals surface area contributed by atoms with Crippen LogP contribution in [0.15, 0.2) is 40.8 Å². The van der Waals surface area contributed by atoms with Crippen molar-refractivity contribution in [2.24, 2.45) is 5.73 Å². The molecule has 0 spiro atoms. The molecule has 0 radical (unpaired) electrons. The summed E-state index contributed by atoms with van der Waals surface area (Å²) in [4.78, 5) is 17.0. The number of ether oxygens (including phenoxy) is 2. The van der Waals surface area contributed by atoms with E-state index in [1.165, 1.54) is 13.2 Å². The Hall–Kier alpha value is -3.46. The molecule has 7 nitrogen and oxygen atoms in total. The molecular formula is C22H23F2N3O4. The topological polar surface area (TPSA) is 99.6 Å². The molecule has 1 aromatic heterocycles. The summed E-state index contributed by atoms with van der Waals surface area (Å²) in [6.45, 7) is 3.78. The Kier molecular flexibility index (Phi) is 6.86. The fraction of sp³-hybridized carbons (Fsp3) is 0.273. The van der Waals surface area contributed by atoms with Gasteiger partial charge in [-0.3, -0.25) is 4.79 Å². The van der Waals surface area contributed by atoms with Crippen molar-refractivity contribution in [2.45, 2.75) is 26.4 Å². The average molecular weight is 431 g/mol. The van der Waals surface area contributed by atoms with Crippen LogP contribution in [-0.2, 0) is 6.54 Å². The van der Waals surface area contributed by atoms with Crippen molar-refractivity contribution in [3.05, 3.63) is 65.1 Å². The molecule has 0 aliphatic heterocycles. The molecule has 164 valence electrons. The molecule has 0 fully saturated rings. The molecule has 1 atom stereocenters. The molecule has 31 heavy (non-hydrogen) atoms. The first-order valence-electron chi connectivity index (χ1n) is 9.63. The number of oxazole rings is 1. The first-order valence-corrected chi connectivity index (χ1v) is 9.63. The molecule has 2 aromatic carbocycles. The summed E-state index contributed by atoms with van der Waals surface area (Å²) in [6.07, 6.45) is 0. The van der Waals surface area contributed by atoms with Crippen LogP contribution < -0.4 is 20.5 Å². The highest BCUT2D eigenvalue weighted by atomic mass is 19.1. The second kappa shape index (κ2) is 9.57. The molecule has 1 amide bonds. The number of hydrogen-bond acceptors (Lipinski definition) is 6. The van der Waals surface area contributed by atoms with Crippen LogP contribution in [0.3, 0.4) is 0 Å².